The van der Waals surface area contributed by atoms with Gasteiger partial charge in [0.15, 0.2) is 17.4 Å². The predicted octanol–water partition coefficient (Wildman–Crippen LogP) is 5.12. The molecule has 9 heteroatoms. The van der Waals surface area contributed by atoms with E-state index in [4.69, 9.17) is 21.3 Å². The van der Waals surface area contributed by atoms with E-state index in [0.717, 1.165) is 48.9 Å². The average Bonchev–Trinajstić information content (AvgIpc) is 3.69. The predicted molar refractivity (Wildman–Crippen MR) is 138 cm³/mol. The standard InChI is InChI=1S/C26H30ClN5O3/c1-3-20(33)15-35-23-12-17-11-18(6-9-22(17)32(25(23)34)19-7-8-19)29-24-21(27)13-28-26(30-24)31-10-4-5-16(2)14-31/h6,9,11-13,16,19H,3-5,7-8,10,14-15H2,1-2H3,(H,28,29,30). The minimum atomic E-state index is -0.191. The van der Waals surface area contributed by atoms with Gasteiger partial charge in [0, 0.05) is 36.6 Å². The summed E-state index contributed by atoms with van der Waals surface area (Å²) in [6.07, 6.45) is 6.26. The van der Waals surface area contributed by atoms with E-state index >= 15 is 0 Å². The zero-order valence-corrected chi connectivity index (χ0v) is 20.8. The van der Waals surface area contributed by atoms with E-state index in [0.29, 0.717) is 29.1 Å². The Labute approximate surface area is 209 Å². The van der Waals surface area contributed by atoms with Gasteiger partial charge in [0.05, 0.1) is 11.7 Å². The van der Waals surface area contributed by atoms with E-state index in [9.17, 15) is 9.59 Å². The number of ketones is 1. The zero-order valence-electron chi connectivity index (χ0n) is 20.1. The van der Waals surface area contributed by atoms with Crippen molar-refractivity contribution in [3.8, 4) is 5.75 Å². The van der Waals surface area contributed by atoms with Crippen LogP contribution in [0.4, 0.5) is 17.5 Å². The lowest BCUT2D eigenvalue weighted by Gasteiger charge is -2.31. The highest BCUT2D eigenvalue weighted by Gasteiger charge is 2.28. The van der Waals surface area contributed by atoms with Gasteiger partial charge in [-0.1, -0.05) is 25.4 Å². The van der Waals surface area contributed by atoms with Gasteiger partial charge in [-0.25, -0.2) is 4.98 Å². The van der Waals surface area contributed by atoms with Crippen LogP contribution in [0.3, 0.4) is 0 Å². The van der Waals surface area contributed by atoms with Gasteiger partial charge >= 0.3 is 0 Å². The van der Waals surface area contributed by atoms with Crippen molar-refractivity contribution in [2.24, 2.45) is 5.92 Å². The molecular weight excluding hydrogens is 466 g/mol. The third-order valence-corrected chi connectivity index (χ3v) is 6.91. The fourth-order valence-corrected chi connectivity index (χ4v) is 4.70. The number of ether oxygens (including phenoxy) is 1. The molecule has 5 rings (SSSR count). The molecule has 3 aromatic rings. The number of carbonyl (C=O) groups excluding carboxylic acids is 1. The van der Waals surface area contributed by atoms with Crippen LogP contribution in [0, 0.1) is 5.92 Å². The fraction of sp³-hybridized carbons (Fsp3) is 0.462. The number of hydrogen-bond donors (Lipinski definition) is 1. The van der Waals surface area contributed by atoms with Crippen molar-refractivity contribution in [2.45, 2.75) is 52.0 Å². The highest BCUT2D eigenvalue weighted by atomic mass is 35.5. The Morgan fingerprint density at radius 1 is 1.26 bits per heavy atom. The summed E-state index contributed by atoms with van der Waals surface area (Å²) < 4.78 is 7.42. The number of nitrogens with one attached hydrogen (secondary N) is 1. The van der Waals surface area contributed by atoms with Gasteiger partial charge in [0.1, 0.15) is 11.6 Å². The molecule has 1 saturated heterocycles. The second-order valence-corrected chi connectivity index (χ2v) is 9.96. The van der Waals surface area contributed by atoms with Crippen LogP contribution in [0.2, 0.25) is 5.02 Å². The second kappa shape index (κ2) is 9.85. The topological polar surface area (TPSA) is 89.3 Å². The minimum Gasteiger partial charge on any atom is -0.480 e. The van der Waals surface area contributed by atoms with Crippen LogP contribution in [0.15, 0.2) is 35.3 Å². The number of nitrogens with zero attached hydrogens (tertiary/aromatic N) is 4. The molecule has 184 valence electrons. The number of anilines is 3. The van der Waals surface area contributed by atoms with Gasteiger partial charge in [-0.15, -0.1) is 0 Å². The first kappa shape index (κ1) is 23.6. The zero-order chi connectivity index (χ0) is 24.5. The van der Waals surface area contributed by atoms with Crippen LogP contribution in [-0.4, -0.2) is 40.0 Å². The maximum absolute atomic E-state index is 13.1. The Kier molecular flexibility index (Phi) is 6.65. The SMILES string of the molecule is CCC(=O)COc1cc2cc(Nc3nc(N4CCCC(C)C4)ncc3Cl)ccc2n(C2CC2)c1=O. The molecule has 35 heavy (non-hydrogen) atoms. The number of piperidine rings is 1. The van der Waals surface area contributed by atoms with Crippen molar-refractivity contribution in [2.75, 3.05) is 29.9 Å². The van der Waals surface area contributed by atoms with E-state index in [1.54, 1.807) is 23.8 Å². The molecule has 1 aliphatic carbocycles. The first-order valence-corrected chi connectivity index (χ1v) is 12.7. The number of carbonyl (C=O) groups is 1. The molecule has 0 spiro atoms. The molecule has 1 N–H and O–H groups in total. The Balaban J connectivity index is 1.46. The molecule has 0 bridgehead atoms. The molecule has 3 heterocycles. The van der Waals surface area contributed by atoms with Gasteiger partial charge in [0.2, 0.25) is 5.95 Å². The van der Waals surface area contributed by atoms with Crippen molar-refractivity contribution in [3.05, 3.63) is 45.8 Å². The molecule has 1 aliphatic heterocycles. The van der Waals surface area contributed by atoms with Gasteiger partial charge in [-0.3, -0.25) is 9.59 Å². The number of benzene rings is 1. The third kappa shape index (κ3) is 5.12. The van der Waals surface area contributed by atoms with Crippen molar-refractivity contribution in [1.29, 1.82) is 0 Å². The summed E-state index contributed by atoms with van der Waals surface area (Å²) in [7, 11) is 0. The molecule has 8 nitrogen and oxygen atoms in total. The van der Waals surface area contributed by atoms with Crippen molar-refractivity contribution in [3.63, 3.8) is 0 Å². The van der Waals surface area contributed by atoms with E-state index in [2.05, 4.69) is 22.1 Å². The highest BCUT2D eigenvalue weighted by Crippen LogP contribution is 2.37. The van der Waals surface area contributed by atoms with Crippen molar-refractivity contribution >= 4 is 45.7 Å². The highest BCUT2D eigenvalue weighted by molar-refractivity contribution is 6.32. The quantitative estimate of drug-likeness (QED) is 0.464. The smallest absolute Gasteiger partial charge is 0.293 e. The van der Waals surface area contributed by atoms with E-state index in [-0.39, 0.29) is 29.7 Å². The summed E-state index contributed by atoms with van der Waals surface area (Å²) in [6.45, 7) is 5.78. The fourth-order valence-electron chi connectivity index (χ4n) is 4.56. The van der Waals surface area contributed by atoms with Gasteiger partial charge in [0.25, 0.3) is 5.56 Å². The number of halogens is 1. The summed E-state index contributed by atoms with van der Waals surface area (Å²) in [5.74, 6) is 1.96. The molecule has 0 amide bonds. The second-order valence-electron chi connectivity index (χ2n) is 9.55. The van der Waals surface area contributed by atoms with Crippen molar-refractivity contribution in [1.82, 2.24) is 14.5 Å². The summed E-state index contributed by atoms with van der Waals surface area (Å²) in [5, 5.41) is 4.60. The summed E-state index contributed by atoms with van der Waals surface area (Å²) in [4.78, 5) is 36.2. The van der Waals surface area contributed by atoms with Crippen LogP contribution < -0.4 is 20.5 Å². The first-order valence-electron chi connectivity index (χ1n) is 12.3. The molecule has 1 aromatic carbocycles. The molecule has 1 atom stereocenters. The molecule has 2 aliphatic rings. The molecule has 0 radical (unpaired) electrons. The lowest BCUT2D eigenvalue weighted by atomic mass is 10.0. The van der Waals surface area contributed by atoms with Gasteiger partial charge in [-0.2, -0.15) is 4.98 Å². The number of hydrogen-bond acceptors (Lipinski definition) is 7. The number of rotatable bonds is 8. The van der Waals surface area contributed by atoms with Crippen LogP contribution in [0.1, 0.15) is 52.0 Å². The van der Waals surface area contributed by atoms with E-state index in [1.165, 1.54) is 6.42 Å². The van der Waals surface area contributed by atoms with Crippen LogP contribution in [-0.2, 0) is 4.79 Å². The summed E-state index contributed by atoms with van der Waals surface area (Å²) in [5.41, 5.74) is 1.44. The number of pyridine rings is 1. The Morgan fingerprint density at radius 3 is 2.83 bits per heavy atom. The molecule has 2 aromatic heterocycles. The first-order chi connectivity index (χ1) is 16.9. The maximum Gasteiger partial charge on any atom is 0.293 e. The van der Waals surface area contributed by atoms with E-state index in [1.807, 2.05) is 18.2 Å². The summed E-state index contributed by atoms with van der Waals surface area (Å²) in [6, 6.07) is 7.68. The lowest BCUT2D eigenvalue weighted by molar-refractivity contribution is -0.120. The normalized spacial score (nSPS) is 18.0. The monoisotopic (exact) mass is 495 g/mol. The Hall–Kier alpha value is -3.13. The summed E-state index contributed by atoms with van der Waals surface area (Å²) >= 11 is 6.43. The number of fused-ring (bicyclic) bond motifs is 1. The Morgan fingerprint density at radius 2 is 2.09 bits per heavy atom. The maximum atomic E-state index is 13.1. The van der Waals surface area contributed by atoms with Crippen LogP contribution >= 0.6 is 11.6 Å². The van der Waals surface area contributed by atoms with Crippen molar-refractivity contribution < 1.29 is 9.53 Å². The molecule has 1 unspecified atom stereocenters. The van der Waals surface area contributed by atoms with E-state index < -0.39 is 0 Å². The molecule has 1 saturated carbocycles. The Bertz CT molecular complexity index is 1320. The average molecular weight is 496 g/mol. The van der Waals surface area contributed by atoms with Gasteiger partial charge < -0.3 is 19.5 Å². The third-order valence-electron chi connectivity index (χ3n) is 6.63. The minimum absolute atomic E-state index is 0.0461. The lowest BCUT2D eigenvalue weighted by Crippen LogP contribution is -2.35. The number of Topliss-reactive ketones (excluding diaryl/α,β-unsaturated/α-hetero) is 1. The van der Waals surface area contributed by atoms with Gasteiger partial charge in [-0.05, 0) is 55.9 Å². The molecular formula is C26H30ClN5O3. The number of aromatic nitrogens is 3. The largest absolute Gasteiger partial charge is 0.480 e. The van der Waals surface area contributed by atoms with Crippen LogP contribution in [0.5, 0.6) is 5.75 Å². The molecule has 2 fully saturated rings. The van der Waals surface area contributed by atoms with Crippen LogP contribution in [0.25, 0.3) is 10.9 Å².